The Labute approximate surface area is 162 Å². The van der Waals surface area contributed by atoms with E-state index < -0.39 is 10.8 Å². The molecule has 0 aliphatic carbocycles. The number of benzene rings is 2. The van der Waals surface area contributed by atoms with Crippen LogP contribution in [-0.4, -0.2) is 27.6 Å². The molecule has 0 fully saturated rings. The second-order valence-electron chi connectivity index (χ2n) is 5.13. The third-order valence-corrected chi connectivity index (χ3v) is 3.76. The summed E-state index contributed by atoms with van der Waals surface area (Å²) in [4.78, 5) is 22.2. The molecule has 0 aliphatic heterocycles. The Kier molecular flexibility index (Phi) is 5.53. The molecule has 0 atom stereocenters. The molecule has 0 saturated heterocycles. The van der Waals surface area contributed by atoms with Crippen LogP contribution in [0.2, 0.25) is 10.0 Å². The van der Waals surface area contributed by atoms with E-state index in [4.69, 9.17) is 32.4 Å². The first-order valence-electron chi connectivity index (χ1n) is 7.38. The van der Waals surface area contributed by atoms with Crippen molar-refractivity contribution in [3.8, 4) is 17.2 Å². The number of halogens is 2. The van der Waals surface area contributed by atoms with Crippen molar-refractivity contribution in [2.45, 2.75) is 0 Å². The predicted octanol–water partition coefficient (Wildman–Crippen LogP) is 3.97. The van der Waals surface area contributed by atoms with Crippen molar-refractivity contribution in [1.29, 1.82) is 0 Å². The highest BCUT2D eigenvalue weighted by molar-refractivity contribution is 6.35. The molecular weight excluding hydrogens is 399 g/mol. The van der Waals surface area contributed by atoms with E-state index in [0.29, 0.717) is 16.3 Å². The van der Waals surface area contributed by atoms with Crippen molar-refractivity contribution < 1.29 is 18.9 Å². The molecule has 0 radical (unpaired) electrons. The van der Waals surface area contributed by atoms with Gasteiger partial charge in [-0.25, -0.2) is 0 Å². The van der Waals surface area contributed by atoms with Gasteiger partial charge in [-0.05, 0) is 24.3 Å². The highest BCUT2D eigenvalue weighted by Crippen LogP contribution is 2.27. The SMILES string of the molecule is O=C(COc1ccc(Cl)cc1Cl)Nc1nnc(-c2cccc([N+](=O)[O-])c2)o1. The van der Waals surface area contributed by atoms with Gasteiger partial charge in [0.1, 0.15) is 5.75 Å². The molecule has 138 valence electrons. The van der Waals surface area contributed by atoms with Gasteiger partial charge >= 0.3 is 6.01 Å². The van der Waals surface area contributed by atoms with Gasteiger partial charge in [-0.1, -0.05) is 34.4 Å². The highest BCUT2D eigenvalue weighted by Gasteiger charge is 2.15. The number of aromatic nitrogens is 2. The Morgan fingerprint density at radius 3 is 2.78 bits per heavy atom. The van der Waals surface area contributed by atoms with Gasteiger partial charge in [0.25, 0.3) is 11.6 Å². The molecule has 0 saturated carbocycles. The lowest BCUT2D eigenvalue weighted by Gasteiger charge is -2.07. The molecule has 1 aromatic heterocycles. The molecule has 0 bridgehead atoms. The van der Waals surface area contributed by atoms with Crippen molar-refractivity contribution in [1.82, 2.24) is 10.2 Å². The van der Waals surface area contributed by atoms with Crippen molar-refractivity contribution >= 4 is 40.8 Å². The number of hydrogen-bond donors (Lipinski definition) is 1. The van der Waals surface area contributed by atoms with Crippen LogP contribution in [-0.2, 0) is 4.79 Å². The van der Waals surface area contributed by atoms with Gasteiger partial charge in [0.2, 0.25) is 5.89 Å². The van der Waals surface area contributed by atoms with Crippen LogP contribution in [0.5, 0.6) is 5.75 Å². The Morgan fingerprint density at radius 2 is 2.04 bits per heavy atom. The summed E-state index contributed by atoms with van der Waals surface area (Å²) in [5.41, 5.74) is 0.228. The molecular formula is C16H10Cl2N4O5. The van der Waals surface area contributed by atoms with Crippen LogP contribution in [0.15, 0.2) is 46.9 Å². The standard InChI is InChI=1S/C16H10Cl2N4O5/c17-10-4-5-13(12(18)7-10)26-8-14(23)19-16-21-20-15(27-16)9-2-1-3-11(6-9)22(24)25/h1-7H,8H2,(H,19,21,23). The summed E-state index contributed by atoms with van der Waals surface area (Å²) < 4.78 is 10.6. The number of carbonyl (C=O) groups is 1. The highest BCUT2D eigenvalue weighted by atomic mass is 35.5. The van der Waals surface area contributed by atoms with Crippen LogP contribution in [0.4, 0.5) is 11.7 Å². The Morgan fingerprint density at radius 1 is 1.22 bits per heavy atom. The molecule has 2 aromatic carbocycles. The van der Waals surface area contributed by atoms with Crippen LogP contribution in [0.3, 0.4) is 0 Å². The smallest absolute Gasteiger partial charge is 0.322 e. The molecule has 27 heavy (non-hydrogen) atoms. The van der Waals surface area contributed by atoms with Gasteiger partial charge < -0.3 is 9.15 Å². The fraction of sp³-hybridized carbons (Fsp3) is 0.0625. The molecule has 0 unspecified atom stereocenters. The van der Waals surface area contributed by atoms with Crippen molar-refractivity contribution in [3.63, 3.8) is 0 Å². The quantitative estimate of drug-likeness (QED) is 0.483. The Balaban J connectivity index is 1.62. The third kappa shape index (κ3) is 4.72. The monoisotopic (exact) mass is 408 g/mol. The van der Waals surface area contributed by atoms with Gasteiger partial charge in [-0.3, -0.25) is 20.2 Å². The fourth-order valence-electron chi connectivity index (χ4n) is 2.03. The molecule has 11 heteroatoms. The summed E-state index contributed by atoms with van der Waals surface area (Å²) in [6.07, 6.45) is 0. The normalized spacial score (nSPS) is 10.4. The number of anilines is 1. The number of nitrogens with zero attached hydrogens (tertiary/aromatic N) is 3. The predicted molar refractivity (Wildman–Crippen MR) is 97.0 cm³/mol. The number of ether oxygens (including phenoxy) is 1. The van der Waals surface area contributed by atoms with E-state index in [1.807, 2.05) is 0 Å². The van der Waals surface area contributed by atoms with Gasteiger partial charge in [0, 0.05) is 22.7 Å². The zero-order valence-electron chi connectivity index (χ0n) is 13.4. The minimum Gasteiger partial charge on any atom is -0.482 e. The van der Waals surface area contributed by atoms with E-state index in [-0.39, 0.29) is 29.2 Å². The summed E-state index contributed by atoms with van der Waals surface area (Å²) in [5, 5.41) is 21.3. The van der Waals surface area contributed by atoms with Crippen LogP contribution < -0.4 is 10.1 Å². The maximum atomic E-state index is 11.9. The zero-order valence-corrected chi connectivity index (χ0v) is 14.9. The van der Waals surface area contributed by atoms with Crippen molar-refractivity contribution in [2.75, 3.05) is 11.9 Å². The molecule has 1 N–H and O–H groups in total. The minimum atomic E-state index is -0.560. The summed E-state index contributed by atoms with van der Waals surface area (Å²) in [6, 6.07) is 10.1. The lowest BCUT2D eigenvalue weighted by molar-refractivity contribution is -0.384. The number of hydrogen-bond acceptors (Lipinski definition) is 7. The Bertz CT molecular complexity index is 1010. The van der Waals surface area contributed by atoms with E-state index in [1.165, 1.54) is 30.3 Å². The number of non-ortho nitro benzene ring substituents is 1. The maximum absolute atomic E-state index is 11.9. The van der Waals surface area contributed by atoms with E-state index in [2.05, 4.69) is 15.5 Å². The Hall–Kier alpha value is -3.17. The van der Waals surface area contributed by atoms with Gasteiger partial charge in [0.05, 0.1) is 9.95 Å². The molecule has 3 rings (SSSR count). The van der Waals surface area contributed by atoms with Gasteiger partial charge in [-0.2, -0.15) is 0 Å². The molecule has 3 aromatic rings. The lowest BCUT2D eigenvalue weighted by Crippen LogP contribution is -2.20. The maximum Gasteiger partial charge on any atom is 0.322 e. The molecule has 0 spiro atoms. The number of carbonyl (C=O) groups excluding carboxylic acids is 1. The number of rotatable bonds is 6. The summed E-state index contributed by atoms with van der Waals surface area (Å²) >= 11 is 11.7. The average molecular weight is 409 g/mol. The summed E-state index contributed by atoms with van der Waals surface area (Å²) in [5.74, 6) is -0.245. The van der Waals surface area contributed by atoms with Crippen LogP contribution in [0.25, 0.3) is 11.5 Å². The van der Waals surface area contributed by atoms with E-state index >= 15 is 0 Å². The van der Waals surface area contributed by atoms with E-state index in [9.17, 15) is 14.9 Å². The first-order valence-corrected chi connectivity index (χ1v) is 8.14. The second kappa shape index (κ2) is 8.02. The molecule has 1 amide bonds. The number of amides is 1. The number of nitro benzene ring substituents is 1. The average Bonchev–Trinajstić information content (AvgIpc) is 3.09. The first kappa shape index (κ1) is 18.6. The fourth-order valence-corrected chi connectivity index (χ4v) is 2.50. The third-order valence-electron chi connectivity index (χ3n) is 3.23. The zero-order chi connectivity index (χ0) is 19.4. The second-order valence-corrected chi connectivity index (χ2v) is 5.98. The minimum absolute atomic E-state index is 0.0238. The van der Waals surface area contributed by atoms with E-state index in [0.717, 1.165) is 0 Å². The summed E-state index contributed by atoms with van der Waals surface area (Å²) in [6.45, 7) is -0.351. The number of nitrogens with one attached hydrogen (secondary N) is 1. The molecule has 9 nitrogen and oxygen atoms in total. The summed E-state index contributed by atoms with van der Waals surface area (Å²) in [7, 11) is 0. The van der Waals surface area contributed by atoms with Crippen LogP contribution >= 0.6 is 23.2 Å². The molecule has 1 heterocycles. The van der Waals surface area contributed by atoms with Gasteiger partial charge in [-0.15, -0.1) is 5.10 Å². The van der Waals surface area contributed by atoms with Gasteiger partial charge in [0.15, 0.2) is 6.61 Å². The van der Waals surface area contributed by atoms with Crippen molar-refractivity contribution in [3.05, 3.63) is 62.6 Å². The van der Waals surface area contributed by atoms with Crippen molar-refractivity contribution in [2.24, 2.45) is 0 Å². The van der Waals surface area contributed by atoms with Crippen LogP contribution in [0.1, 0.15) is 0 Å². The molecule has 0 aliphatic rings. The lowest BCUT2D eigenvalue weighted by atomic mass is 10.2. The topological polar surface area (TPSA) is 120 Å². The van der Waals surface area contributed by atoms with E-state index in [1.54, 1.807) is 12.1 Å². The first-order chi connectivity index (χ1) is 12.9. The van der Waals surface area contributed by atoms with Crippen LogP contribution in [0, 0.1) is 10.1 Å². The largest absolute Gasteiger partial charge is 0.482 e. The number of nitro groups is 1.